The molecule has 8 heteroatoms. The van der Waals surface area contributed by atoms with Gasteiger partial charge in [0.05, 0.1) is 12.5 Å². The molecular formula is C27H34N2O6. The van der Waals surface area contributed by atoms with Gasteiger partial charge in [0.15, 0.2) is 11.4 Å². The predicted octanol–water partition coefficient (Wildman–Crippen LogP) is 4.21. The van der Waals surface area contributed by atoms with Gasteiger partial charge in [-0.15, -0.1) is 0 Å². The minimum atomic E-state index is -0.938. The van der Waals surface area contributed by atoms with Gasteiger partial charge in [-0.2, -0.15) is 0 Å². The first kappa shape index (κ1) is 26.2. The summed E-state index contributed by atoms with van der Waals surface area (Å²) in [5.74, 6) is -1.63. The van der Waals surface area contributed by atoms with Crippen molar-refractivity contribution < 1.29 is 28.6 Å². The topological polar surface area (TPSA) is 104 Å². The molecular weight excluding hydrogens is 448 g/mol. The van der Waals surface area contributed by atoms with Crippen molar-refractivity contribution >= 4 is 17.8 Å². The molecule has 35 heavy (non-hydrogen) atoms. The molecule has 2 aromatic rings. The van der Waals surface area contributed by atoms with E-state index in [0.717, 1.165) is 19.3 Å². The van der Waals surface area contributed by atoms with E-state index in [1.165, 1.54) is 30.5 Å². The summed E-state index contributed by atoms with van der Waals surface area (Å²) >= 11 is 0. The Hall–Kier alpha value is -3.42. The Bertz CT molecular complexity index is 1090. The molecule has 0 saturated carbocycles. The van der Waals surface area contributed by atoms with Crippen molar-refractivity contribution in [2.45, 2.75) is 71.9 Å². The third kappa shape index (κ3) is 6.18. The highest BCUT2D eigenvalue weighted by Crippen LogP contribution is 2.33. The van der Waals surface area contributed by atoms with Crippen molar-refractivity contribution in [1.82, 2.24) is 10.3 Å². The van der Waals surface area contributed by atoms with Crippen LogP contribution in [-0.4, -0.2) is 42.1 Å². The second kappa shape index (κ2) is 10.9. The average molecular weight is 483 g/mol. The summed E-state index contributed by atoms with van der Waals surface area (Å²) in [6.45, 7) is 8.70. The number of esters is 2. The number of ether oxygens (including phenoxy) is 3. The largest absolute Gasteiger partial charge is 0.493 e. The van der Waals surface area contributed by atoms with E-state index in [1.54, 1.807) is 27.7 Å². The number of fused-ring (bicyclic) bond motifs is 1. The summed E-state index contributed by atoms with van der Waals surface area (Å²) in [5.41, 5.74) is 1.50. The molecule has 1 heterocycles. The van der Waals surface area contributed by atoms with Crippen LogP contribution in [0, 0.1) is 5.41 Å². The highest BCUT2D eigenvalue weighted by molar-refractivity contribution is 5.98. The molecule has 0 aliphatic heterocycles. The number of benzene rings is 1. The number of amides is 1. The van der Waals surface area contributed by atoms with Gasteiger partial charge in [0.25, 0.3) is 5.91 Å². The van der Waals surface area contributed by atoms with Crippen molar-refractivity contribution in [3.63, 3.8) is 0 Å². The number of methoxy groups -OCH3 is 1. The summed E-state index contributed by atoms with van der Waals surface area (Å²) < 4.78 is 16.6. The smallest absolute Gasteiger partial charge is 0.328 e. The van der Waals surface area contributed by atoms with Crippen LogP contribution >= 0.6 is 0 Å². The van der Waals surface area contributed by atoms with E-state index in [1.807, 2.05) is 12.1 Å². The molecule has 0 bridgehead atoms. The number of nitrogens with one attached hydrogen (secondary N) is 1. The van der Waals surface area contributed by atoms with Gasteiger partial charge in [0.1, 0.15) is 12.1 Å². The minimum absolute atomic E-state index is 0.0454. The summed E-state index contributed by atoms with van der Waals surface area (Å²) in [7, 11) is 1.40. The van der Waals surface area contributed by atoms with E-state index < -0.39 is 29.3 Å². The standard InChI is InChI=1S/C27H34N2O6/c1-16-19-12-8-7-10-18(19)11-9-13-20(16)34-25(31)17(2)29-24(30)22-23(21(33-6)14-15-28-22)35-26(32)27(3,4)5/h7-8,10,12,14-17,20H,9,11,13H2,1-6H3,(H,29,30)/t16?,17-,20?/m0/s1. The Morgan fingerprint density at radius 2 is 1.86 bits per heavy atom. The van der Waals surface area contributed by atoms with Crippen LogP contribution in [0.15, 0.2) is 36.5 Å². The Balaban J connectivity index is 1.72. The first-order chi connectivity index (χ1) is 16.5. The second-order valence-electron chi connectivity index (χ2n) is 9.88. The number of rotatable bonds is 6. The van der Waals surface area contributed by atoms with Gasteiger partial charge >= 0.3 is 11.9 Å². The van der Waals surface area contributed by atoms with Crippen molar-refractivity contribution in [1.29, 1.82) is 0 Å². The average Bonchev–Trinajstić information content (AvgIpc) is 2.97. The highest BCUT2D eigenvalue weighted by Gasteiger charge is 2.32. The van der Waals surface area contributed by atoms with Crippen LogP contribution < -0.4 is 14.8 Å². The molecule has 0 spiro atoms. The van der Waals surface area contributed by atoms with Crippen LogP contribution in [0.25, 0.3) is 0 Å². The van der Waals surface area contributed by atoms with Gasteiger partial charge in [-0.05, 0) is 58.1 Å². The molecule has 8 nitrogen and oxygen atoms in total. The van der Waals surface area contributed by atoms with Crippen LogP contribution in [-0.2, 0) is 20.7 Å². The molecule has 0 saturated heterocycles. The van der Waals surface area contributed by atoms with E-state index in [4.69, 9.17) is 14.2 Å². The van der Waals surface area contributed by atoms with Crippen LogP contribution in [0.3, 0.4) is 0 Å². The number of pyridine rings is 1. The first-order valence-corrected chi connectivity index (χ1v) is 11.9. The molecule has 0 fully saturated rings. The van der Waals surface area contributed by atoms with E-state index in [0.29, 0.717) is 0 Å². The number of aryl methyl sites for hydroxylation is 1. The normalized spacial score (nSPS) is 18.5. The lowest BCUT2D eigenvalue weighted by atomic mass is 9.92. The van der Waals surface area contributed by atoms with Gasteiger partial charge in [-0.3, -0.25) is 9.59 Å². The molecule has 1 amide bonds. The number of carbonyl (C=O) groups is 3. The molecule has 3 rings (SSSR count). The number of nitrogens with zero attached hydrogens (tertiary/aromatic N) is 1. The Kier molecular flexibility index (Phi) is 8.14. The van der Waals surface area contributed by atoms with Crippen LogP contribution in [0.4, 0.5) is 0 Å². The fraction of sp³-hybridized carbons (Fsp3) is 0.481. The van der Waals surface area contributed by atoms with Crippen molar-refractivity contribution in [3.8, 4) is 11.5 Å². The Morgan fingerprint density at radius 3 is 2.54 bits per heavy atom. The molecule has 1 N–H and O–H groups in total. The van der Waals surface area contributed by atoms with Gasteiger partial charge in [0, 0.05) is 18.2 Å². The zero-order valence-corrected chi connectivity index (χ0v) is 21.2. The minimum Gasteiger partial charge on any atom is -0.493 e. The maximum atomic E-state index is 13.0. The number of hydrogen-bond donors (Lipinski definition) is 1. The first-order valence-electron chi connectivity index (χ1n) is 11.9. The fourth-order valence-corrected chi connectivity index (χ4v) is 3.98. The molecule has 0 radical (unpaired) electrons. The van der Waals surface area contributed by atoms with Gasteiger partial charge in [0.2, 0.25) is 5.75 Å². The van der Waals surface area contributed by atoms with Gasteiger partial charge in [-0.1, -0.05) is 31.2 Å². The molecule has 188 valence electrons. The third-order valence-electron chi connectivity index (χ3n) is 6.12. The summed E-state index contributed by atoms with van der Waals surface area (Å²) in [6.07, 6.45) is 3.68. The van der Waals surface area contributed by atoms with E-state index in [2.05, 4.69) is 29.4 Å². The zero-order chi connectivity index (χ0) is 25.8. The number of aromatic nitrogens is 1. The SMILES string of the molecule is COc1ccnc(C(=O)N[C@@H](C)C(=O)OC2CCCc3ccccc3C2C)c1OC(=O)C(C)(C)C. The van der Waals surface area contributed by atoms with Gasteiger partial charge < -0.3 is 19.5 Å². The maximum Gasteiger partial charge on any atom is 0.328 e. The van der Waals surface area contributed by atoms with Crippen LogP contribution in [0.5, 0.6) is 11.5 Å². The predicted molar refractivity (Wildman–Crippen MR) is 130 cm³/mol. The number of hydrogen-bond acceptors (Lipinski definition) is 7. The monoisotopic (exact) mass is 482 g/mol. The summed E-state index contributed by atoms with van der Waals surface area (Å²) in [5, 5.41) is 2.62. The summed E-state index contributed by atoms with van der Waals surface area (Å²) in [6, 6.07) is 8.76. The molecule has 1 aliphatic rings. The number of carbonyl (C=O) groups excluding carboxylic acids is 3. The highest BCUT2D eigenvalue weighted by atomic mass is 16.6. The van der Waals surface area contributed by atoms with Crippen molar-refractivity contribution in [3.05, 3.63) is 53.3 Å². The van der Waals surface area contributed by atoms with Crippen molar-refractivity contribution in [2.75, 3.05) is 7.11 Å². The molecule has 1 aliphatic carbocycles. The van der Waals surface area contributed by atoms with Crippen LogP contribution in [0.2, 0.25) is 0 Å². The quantitative estimate of drug-likeness (QED) is 0.486. The van der Waals surface area contributed by atoms with E-state index in [9.17, 15) is 14.4 Å². The molecule has 2 unspecified atom stereocenters. The molecule has 1 aromatic carbocycles. The summed E-state index contributed by atoms with van der Waals surface area (Å²) in [4.78, 5) is 42.5. The lowest BCUT2D eigenvalue weighted by Crippen LogP contribution is -2.42. The molecule has 3 atom stereocenters. The Morgan fingerprint density at radius 1 is 1.14 bits per heavy atom. The van der Waals surface area contributed by atoms with E-state index in [-0.39, 0.29) is 29.2 Å². The van der Waals surface area contributed by atoms with Gasteiger partial charge in [-0.25, -0.2) is 9.78 Å². The van der Waals surface area contributed by atoms with Crippen molar-refractivity contribution in [2.24, 2.45) is 5.41 Å². The zero-order valence-electron chi connectivity index (χ0n) is 21.2. The second-order valence-corrected chi connectivity index (χ2v) is 9.88. The third-order valence-corrected chi connectivity index (χ3v) is 6.12. The fourth-order valence-electron chi connectivity index (χ4n) is 3.98. The maximum absolute atomic E-state index is 13.0. The molecule has 1 aromatic heterocycles. The Labute approximate surface area is 206 Å². The lowest BCUT2D eigenvalue weighted by Gasteiger charge is -2.25. The lowest BCUT2D eigenvalue weighted by molar-refractivity contribution is -0.152. The van der Waals surface area contributed by atoms with E-state index >= 15 is 0 Å². The van der Waals surface area contributed by atoms with Crippen LogP contribution in [0.1, 0.15) is 75.0 Å².